The third-order valence-electron chi connectivity index (χ3n) is 4.73. The van der Waals surface area contributed by atoms with Crippen LogP contribution in [0, 0.1) is 13.8 Å². The van der Waals surface area contributed by atoms with Crippen LogP contribution in [0.3, 0.4) is 0 Å². The summed E-state index contributed by atoms with van der Waals surface area (Å²) >= 11 is 0. The first-order valence-corrected chi connectivity index (χ1v) is 9.72. The van der Waals surface area contributed by atoms with E-state index in [0.29, 0.717) is 17.7 Å². The lowest BCUT2D eigenvalue weighted by molar-refractivity contribution is -0.153. The quantitative estimate of drug-likeness (QED) is 0.516. The number of alkyl halides is 5. The van der Waals surface area contributed by atoms with Crippen LogP contribution in [-0.2, 0) is 11.3 Å². The molecule has 0 bridgehead atoms. The standard InChI is InChI=1S/C22H25F5N2O3/c1-13-9-16(10-14(2)19(13)31-12-22(25,26)27)11-29(4)15(3)20(30)28-17-7-5-6-8-18(17)32-21(23)24/h5-10,15,21H,11-12H2,1-4H3,(H,28,30). The fraction of sp³-hybridized carbons (Fsp3) is 0.409. The number of anilines is 1. The number of halogens is 5. The summed E-state index contributed by atoms with van der Waals surface area (Å²) in [7, 11) is 1.70. The van der Waals surface area contributed by atoms with Crippen LogP contribution < -0.4 is 14.8 Å². The minimum atomic E-state index is -4.43. The predicted molar refractivity (Wildman–Crippen MR) is 110 cm³/mol. The van der Waals surface area contributed by atoms with E-state index in [4.69, 9.17) is 4.74 Å². The number of rotatable bonds is 9. The summed E-state index contributed by atoms with van der Waals surface area (Å²) in [5.41, 5.74) is 2.00. The van der Waals surface area contributed by atoms with E-state index in [9.17, 15) is 26.7 Å². The molecule has 1 atom stereocenters. The zero-order chi connectivity index (χ0) is 24.1. The number of benzene rings is 2. The van der Waals surface area contributed by atoms with E-state index in [0.717, 1.165) is 5.56 Å². The van der Waals surface area contributed by atoms with Gasteiger partial charge in [-0.05, 0) is 56.6 Å². The van der Waals surface area contributed by atoms with Gasteiger partial charge >= 0.3 is 12.8 Å². The highest BCUT2D eigenvalue weighted by Gasteiger charge is 2.29. The molecule has 10 heteroatoms. The van der Waals surface area contributed by atoms with Crippen LogP contribution in [0.25, 0.3) is 0 Å². The average molecular weight is 460 g/mol. The molecule has 0 aliphatic carbocycles. The summed E-state index contributed by atoms with van der Waals surface area (Å²) in [6.07, 6.45) is -4.43. The Hall–Kier alpha value is -2.88. The number of likely N-dealkylation sites (N-methyl/N-ethyl adjacent to an activating group) is 1. The molecule has 2 rings (SSSR count). The number of ether oxygens (including phenoxy) is 2. The maximum absolute atomic E-state index is 12.6. The molecule has 1 amide bonds. The normalized spacial score (nSPS) is 12.7. The van der Waals surface area contributed by atoms with E-state index in [-0.39, 0.29) is 17.2 Å². The Morgan fingerprint density at radius 1 is 1.12 bits per heavy atom. The molecule has 32 heavy (non-hydrogen) atoms. The highest BCUT2D eigenvalue weighted by atomic mass is 19.4. The lowest BCUT2D eigenvalue weighted by Gasteiger charge is -2.25. The number of aryl methyl sites for hydroxylation is 2. The van der Waals surface area contributed by atoms with Crippen LogP contribution in [0.15, 0.2) is 36.4 Å². The lowest BCUT2D eigenvalue weighted by Crippen LogP contribution is -2.39. The van der Waals surface area contributed by atoms with E-state index in [2.05, 4.69) is 10.1 Å². The first-order valence-electron chi connectivity index (χ1n) is 9.72. The molecule has 0 saturated heterocycles. The second-order valence-corrected chi connectivity index (χ2v) is 7.42. The van der Waals surface area contributed by atoms with E-state index in [1.807, 2.05) is 0 Å². The fourth-order valence-electron chi connectivity index (χ4n) is 3.14. The maximum Gasteiger partial charge on any atom is 0.422 e. The van der Waals surface area contributed by atoms with Crippen molar-refractivity contribution >= 4 is 11.6 Å². The molecule has 0 aromatic heterocycles. The second kappa shape index (κ2) is 10.6. The summed E-state index contributed by atoms with van der Waals surface area (Å²) in [5, 5.41) is 2.58. The van der Waals surface area contributed by atoms with Crippen LogP contribution in [0.5, 0.6) is 11.5 Å². The van der Waals surface area contributed by atoms with Crippen molar-refractivity contribution in [1.82, 2.24) is 4.90 Å². The predicted octanol–water partition coefficient (Wildman–Crippen LogP) is 5.30. The minimum absolute atomic E-state index is 0.121. The molecule has 0 radical (unpaired) electrons. The zero-order valence-electron chi connectivity index (χ0n) is 18.1. The molecule has 1 unspecified atom stereocenters. The van der Waals surface area contributed by atoms with Gasteiger partial charge in [0.25, 0.3) is 0 Å². The number of carbonyl (C=O) groups excluding carboxylic acids is 1. The molecule has 0 heterocycles. The van der Waals surface area contributed by atoms with E-state index in [1.165, 1.54) is 18.2 Å². The van der Waals surface area contributed by atoms with Gasteiger partial charge in [0.05, 0.1) is 11.7 Å². The fourth-order valence-corrected chi connectivity index (χ4v) is 3.14. The molecule has 0 fully saturated rings. The molecule has 1 N–H and O–H groups in total. The van der Waals surface area contributed by atoms with Crippen molar-refractivity contribution in [2.24, 2.45) is 0 Å². The third-order valence-corrected chi connectivity index (χ3v) is 4.73. The summed E-state index contributed by atoms with van der Waals surface area (Å²) in [6, 6.07) is 8.62. The van der Waals surface area contributed by atoms with Crippen LogP contribution in [0.1, 0.15) is 23.6 Å². The topological polar surface area (TPSA) is 50.8 Å². The smallest absolute Gasteiger partial charge is 0.422 e. The molecule has 0 aliphatic rings. The molecule has 0 aliphatic heterocycles. The van der Waals surface area contributed by atoms with Crippen LogP contribution in [0.4, 0.5) is 27.6 Å². The van der Waals surface area contributed by atoms with Crippen molar-refractivity contribution in [3.8, 4) is 11.5 Å². The van der Waals surface area contributed by atoms with Gasteiger partial charge in [0, 0.05) is 6.54 Å². The highest BCUT2D eigenvalue weighted by Crippen LogP contribution is 2.28. The minimum Gasteiger partial charge on any atom is -0.484 e. The Labute approximate surface area is 183 Å². The van der Waals surface area contributed by atoms with Gasteiger partial charge in [0.15, 0.2) is 6.61 Å². The number of carbonyl (C=O) groups is 1. The van der Waals surface area contributed by atoms with Gasteiger partial charge in [-0.15, -0.1) is 0 Å². The largest absolute Gasteiger partial charge is 0.484 e. The molecule has 5 nitrogen and oxygen atoms in total. The highest BCUT2D eigenvalue weighted by molar-refractivity contribution is 5.95. The Bertz CT molecular complexity index is 911. The monoisotopic (exact) mass is 460 g/mol. The second-order valence-electron chi connectivity index (χ2n) is 7.42. The molecule has 176 valence electrons. The van der Waals surface area contributed by atoms with Gasteiger partial charge in [-0.2, -0.15) is 22.0 Å². The van der Waals surface area contributed by atoms with Crippen molar-refractivity contribution < 1.29 is 36.2 Å². The average Bonchev–Trinajstić information content (AvgIpc) is 2.66. The van der Waals surface area contributed by atoms with Crippen molar-refractivity contribution in [1.29, 1.82) is 0 Å². The number of nitrogens with one attached hydrogen (secondary N) is 1. The van der Waals surface area contributed by atoms with Crippen LogP contribution >= 0.6 is 0 Å². The molecule has 0 spiro atoms. The van der Waals surface area contributed by atoms with Crippen molar-refractivity contribution in [2.45, 2.75) is 46.1 Å². The van der Waals surface area contributed by atoms with Gasteiger partial charge in [-0.1, -0.05) is 24.3 Å². The number of para-hydroxylation sites is 2. The van der Waals surface area contributed by atoms with Crippen molar-refractivity contribution in [3.63, 3.8) is 0 Å². The third kappa shape index (κ3) is 7.37. The van der Waals surface area contributed by atoms with E-state index < -0.39 is 31.3 Å². The van der Waals surface area contributed by atoms with Crippen molar-refractivity contribution in [2.75, 3.05) is 19.0 Å². The molecule has 2 aromatic rings. The number of hydrogen-bond donors (Lipinski definition) is 1. The molecule has 2 aromatic carbocycles. The first kappa shape index (κ1) is 25.4. The lowest BCUT2D eigenvalue weighted by atomic mass is 10.0. The Morgan fingerprint density at radius 3 is 2.28 bits per heavy atom. The van der Waals surface area contributed by atoms with Gasteiger partial charge in [-0.25, -0.2) is 0 Å². The summed E-state index contributed by atoms with van der Waals surface area (Å²) in [4.78, 5) is 14.3. The number of hydrogen-bond acceptors (Lipinski definition) is 4. The molecular weight excluding hydrogens is 435 g/mol. The van der Waals surface area contributed by atoms with Gasteiger partial charge in [-0.3, -0.25) is 9.69 Å². The first-order chi connectivity index (χ1) is 14.9. The molecule has 0 saturated carbocycles. The van der Waals surface area contributed by atoms with E-state index >= 15 is 0 Å². The van der Waals surface area contributed by atoms with Crippen LogP contribution in [0.2, 0.25) is 0 Å². The summed E-state index contributed by atoms with van der Waals surface area (Å²) in [5.74, 6) is -0.405. The van der Waals surface area contributed by atoms with Gasteiger partial charge in [0.2, 0.25) is 5.91 Å². The summed E-state index contributed by atoms with van der Waals surface area (Å²) in [6.45, 7) is 0.873. The summed E-state index contributed by atoms with van der Waals surface area (Å²) < 4.78 is 71.8. The molecular formula is C22H25F5N2O3. The van der Waals surface area contributed by atoms with E-state index in [1.54, 1.807) is 50.9 Å². The van der Waals surface area contributed by atoms with Crippen molar-refractivity contribution in [3.05, 3.63) is 53.1 Å². The van der Waals surface area contributed by atoms with Gasteiger partial charge < -0.3 is 14.8 Å². The maximum atomic E-state index is 12.6. The zero-order valence-corrected chi connectivity index (χ0v) is 18.1. The number of nitrogens with zero attached hydrogens (tertiary/aromatic N) is 1. The Kier molecular flexibility index (Phi) is 8.43. The van der Waals surface area contributed by atoms with Crippen LogP contribution in [-0.4, -0.2) is 43.3 Å². The Morgan fingerprint density at radius 2 is 1.72 bits per heavy atom. The SMILES string of the molecule is Cc1cc(CN(C)C(C)C(=O)Nc2ccccc2OC(F)F)cc(C)c1OCC(F)(F)F. The van der Waals surface area contributed by atoms with Gasteiger partial charge in [0.1, 0.15) is 11.5 Å². The Balaban J connectivity index is 2.06. The number of amides is 1.